The van der Waals surface area contributed by atoms with Crippen LogP contribution in [0.2, 0.25) is 0 Å². The van der Waals surface area contributed by atoms with Crippen LogP contribution in [0.3, 0.4) is 0 Å². The molecule has 0 N–H and O–H groups in total. The van der Waals surface area contributed by atoms with Gasteiger partial charge in [0.1, 0.15) is 0 Å². The zero-order chi connectivity index (χ0) is 13.8. The molecule has 0 radical (unpaired) electrons. The first-order valence-corrected chi connectivity index (χ1v) is 7.71. The van der Waals surface area contributed by atoms with Crippen molar-refractivity contribution < 1.29 is 0 Å². The molecule has 0 spiro atoms. The quantitative estimate of drug-likeness (QED) is 0.646. The molecule has 1 heterocycles. The molecule has 0 unspecified atom stereocenters. The number of aromatic nitrogens is 2. The molecule has 0 bridgehead atoms. The Morgan fingerprint density at radius 1 is 0.900 bits per heavy atom. The highest BCUT2D eigenvalue weighted by molar-refractivity contribution is 9.08. The minimum absolute atomic E-state index is 0.772. The lowest BCUT2D eigenvalue weighted by Gasteiger charge is -2.07. The van der Waals surface area contributed by atoms with E-state index < -0.39 is 0 Å². The van der Waals surface area contributed by atoms with Crippen molar-refractivity contribution in [3.8, 4) is 11.3 Å². The van der Waals surface area contributed by atoms with Crippen LogP contribution in [-0.4, -0.2) is 9.78 Å². The summed E-state index contributed by atoms with van der Waals surface area (Å²) in [5.74, 6) is 0. The average Bonchev–Trinajstić information content (AvgIpc) is 2.92. The first-order chi connectivity index (χ1) is 9.86. The van der Waals surface area contributed by atoms with Crippen molar-refractivity contribution in [2.24, 2.45) is 0 Å². The Bertz CT molecular complexity index is 675. The lowest BCUT2D eigenvalue weighted by atomic mass is 10.1. The fourth-order valence-electron chi connectivity index (χ4n) is 2.25. The van der Waals surface area contributed by atoms with Crippen molar-refractivity contribution in [3.63, 3.8) is 0 Å². The van der Waals surface area contributed by atoms with Gasteiger partial charge in [-0.1, -0.05) is 76.6 Å². The smallest absolute Gasteiger partial charge is 0.0736 e. The van der Waals surface area contributed by atoms with Crippen molar-refractivity contribution >= 4 is 15.9 Å². The number of hydrogen-bond acceptors (Lipinski definition) is 1. The molecule has 100 valence electrons. The molecule has 0 aliphatic carbocycles. The van der Waals surface area contributed by atoms with Gasteiger partial charge in [0.05, 0.1) is 17.9 Å². The molecule has 3 heteroatoms. The summed E-state index contributed by atoms with van der Waals surface area (Å²) in [6.45, 7) is 0.790. The SMILES string of the molecule is BrCc1cc(-c2ccccc2)n(Cc2ccccc2)n1. The van der Waals surface area contributed by atoms with Crippen LogP contribution in [-0.2, 0) is 11.9 Å². The van der Waals surface area contributed by atoms with E-state index in [-0.39, 0.29) is 0 Å². The van der Waals surface area contributed by atoms with Crippen LogP contribution in [0, 0.1) is 0 Å². The van der Waals surface area contributed by atoms with E-state index in [4.69, 9.17) is 0 Å². The van der Waals surface area contributed by atoms with Crippen LogP contribution in [0.25, 0.3) is 11.3 Å². The molecule has 0 fully saturated rings. The van der Waals surface area contributed by atoms with Crippen LogP contribution >= 0.6 is 15.9 Å². The fraction of sp³-hybridized carbons (Fsp3) is 0.118. The second kappa shape index (κ2) is 6.06. The second-order valence-corrected chi connectivity index (χ2v) is 5.22. The Hall–Kier alpha value is -1.87. The van der Waals surface area contributed by atoms with E-state index in [2.05, 4.69) is 80.3 Å². The molecular formula is C17H15BrN2. The number of nitrogens with zero attached hydrogens (tertiary/aromatic N) is 2. The van der Waals surface area contributed by atoms with E-state index in [0.29, 0.717) is 0 Å². The van der Waals surface area contributed by atoms with Crippen molar-refractivity contribution in [3.05, 3.63) is 78.0 Å². The Balaban J connectivity index is 2.00. The molecule has 3 rings (SSSR count). The normalized spacial score (nSPS) is 10.7. The topological polar surface area (TPSA) is 17.8 Å². The van der Waals surface area contributed by atoms with Gasteiger partial charge in [-0.3, -0.25) is 4.68 Å². The van der Waals surface area contributed by atoms with Gasteiger partial charge in [0.2, 0.25) is 0 Å². The third-order valence-corrected chi connectivity index (χ3v) is 3.79. The maximum Gasteiger partial charge on any atom is 0.0736 e. The number of halogens is 1. The predicted molar refractivity (Wildman–Crippen MR) is 85.8 cm³/mol. The molecule has 0 amide bonds. The number of benzene rings is 2. The van der Waals surface area contributed by atoms with E-state index in [1.807, 2.05) is 12.1 Å². The molecule has 2 nitrogen and oxygen atoms in total. The summed E-state index contributed by atoms with van der Waals surface area (Å²) in [6, 6.07) is 23.0. The molecular weight excluding hydrogens is 312 g/mol. The monoisotopic (exact) mass is 326 g/mol. The zero-order valence-corrected chi connectivity index (χ0v) is 12.6. The van der Waals surface area contributed by atoms with Crippen LogP contribution in [0.5, 0.6) is 0 Å². The third kappa shape index (κ3) is 2.83. The molecule has 0 atom stereocenters. The highest BCUT2D eigenvalue weighted by atomic mass is 79.9. The summed E-state index contributed by atoms with van der Waals surface area (Å²) < 4.78 is 2.07. The number of hydrogen-bond donors (Lipinski definition) is 0. The molecule has 2 aromatic carbocycles. The Kier molecular flexibility index (Phi) is 3.97. The molecule has 0 aliphatic rings. The van der Waals surface area contributed by atoms with Crippen molar-refractivity contribution in [1.82, 2.24) is 9.78 Å². The first-order valence-electron chi connectivity index (χ1n) is 6.59. The zero-order valence-electron chi connectivity index (χ0n) is 11.0. The Labute approximate surface area is 127 Å². The van der Waals surface area contributed by atoms with E-state index in [1.165, 1.54) is 11.1 Å². The van der Waals surface area contributed by atoms with Gasteiger partial charge >= 0.3 is 0 Å². The van der Waals surface area contributed by atoms with Gasteiger partial charge in [0, 0.05) is 5.33 Å². The van der Waals surface area contributed by atoms with Gasteiger partial charge in [-0.25, -0.2) is 0 Å². The molecule has 0 saturated carbocycles. The summed E-state index contributed by atoms with van der Waals surface area (Å²) in [5, 5.41) is 5.44. The lowest BCUT2D eigenvalue weighted by molar-refractivity contribution is 0.686. The van der Waals surface area contributed by atoms with Crippen LogP contribution in [0.1, 0.15) is 11.3 Å². The number of rotatable bonds is 4. The van der Waals surface area contributed by atoms with E-state index >= 15 is 0 Å². The highest BCUT2D eigenvalue weighted by Crippen LogP contribution is 2.22. The number of alkyl halides is 1. The summed E-state index contributed by atoms with van der Waals surface area (Å²) in [6.07, 6.45) is 0. The van der Waals surface area contributed by atoms with Gasteiger partial charge in [0.25, 0.3) is 0 Å². The van der Waals surface area contributed by atoms with Crippen molar-refractivity contribution in [2.45, 2.75) is 11.9 Å². The lowest BCUT2D eigenvalue weighted by Crippen LogP contribution is -2.04. The minimum Gasteiger partial charge on any atom is -0.260 e. The molecule has 0 saturated heterocycles. The Morgan fingerprint density at radius 3 is 2.20 bits per heavy atom. The molecule has 1 aromatic heterocycles. The predicted octanol–water partition coefficient (Wildman–Crippen LogP) is 4.49. The van der Waals surface area contributed by atoms with Gasteiger partial charge in [0.15, 0.2) is 0 Å². The van der Waals surface area contributed by atoms with Gasteiger partial charge < -0.3 is 0 Å². The van der Waals surface area contributed by atoms with Gasteiger partial charge in [-0.05, 0) is 17.2 Å². The minimum atomic E-state index is 0.772. The van der Waals surface area contributed by atoms with Gasteiger partial charge in [-0.15, -0.1) is 0 Å². The second-order valence-electron chi connectivity index (χ2n) is 4.66. The van der Waals surface area contributed by atoms with E-state index in [0.717, 1.165) is 23.3 Å². The van der Waals surface area contributed by atoms with Crippen LogP contribution in [0.4, 0.5) is 0 Å². The molecule has 0 aliphatic heterocycles. The largest absolute Gasteiger partial charge is 0.260 e. The summed E-state index contributed by atoms with van der Waals surface area (Å²) in [7, 11) is 0. The van der Waals surface area contributed by atoms with Crippen LogP contribution < -0.4 is 0 Å². The van der Waals surface area contributed by atoms with E-state index in [9.17, 15) is 0 Å². The van der Waals surface area contributed by atoms with Crippen LogP contribution in [0.15, 0.2) is 66.7 Å². The maximum atomic E-state index is 4.67. The molecule has 3 aromatic rings. The van der Waals surface area contributed by atoms with E-state index in [1.54, 1.807) is 0 Å². The summed E-state index contributed by atoms with van der Waals surface area (Å²) in [5.41, 5.74) is 4.67. The maximum absolute atomic E-state index is 4.67. The fourth-order valence-corrected chi connectivity index (χ4v) is 2.53. The molecule has 20 heavy (non-hydrogen) atoms. The summed E-state index contributed by atoms with van der Waals surface area (Å²) in [4.78, 5) is 0. The highest BCUT2D eigenvalue weighted by Gasteiger charge is 2.09. The van der Waals surface area contributed by atoms with Crippen molar-refractivity contribution in [1.29, 1.82) is 0 Å². The standard InChI is InChI=1S/C17H15BrN2/c18-12-16-11-17(15-9-5-2-6-10-15)20(19-16)13-14-7-3-1-4-8-14/h1-11H,12-13H2. The summed E-state index contributed by atoms with van der Waals surface area (Å²) >= 11 is 3.49. The van der Waals surface area contributed by atoms with Gasteiger partial charge in [-0.2, -0.15) is 5.10 Å². The first kappa shape index (κ1) is 13.1. The average molecular weight is 327 g/mol. The third-order valence-electron chi connectivity index (χ3n) is 3.21. The van der Waals surface area contributed by atoms with Crippen molar-refractivity contribution in [2.75, 3.05) is 0 Å². The Morgan fingerprint density at radius 2 is 1.55 bits per heavy atom.